The monoisotopic (exact) mass is 415 g/mol. The number of carbonyl (C=O) groups is 1. The van der Waals surface area contributed by atoms with Crippen LogP contribution >= 0.6 is 0 Å². The number of hydrogen-bond donors (Lipinski definition) is 3. The van der Waals surface area contributed by atoms with E-state index in [1.165, 1.54) is 10.6 Å². The number of nitrogens with zero attached hydrogens (tertiary/aromatic N) is 3. The number of carboxylic acid groups (broad SMARTS) is 1. The highest BCUT2D eigenvalue weighted by Crippen LogP contribution is 2.13. The third-order valence-corrected chi connectivity index (χ3v) is 4.77. The lowest BCUT2D eigenvalue weighted by Gasteiger charge is -2.18. The second kappa shape index (κ2) is 8.50. The van der Waals surface area contributed by atoms with Crippen LogP contribution in [-0.2, 0) is 0 Å². The summed E-state index contributed by atoms with van der Waals surface area (Å²) in [7, 11) is 0. The van der Waals surface area contributed by atoms with Crippen LogP contribution in [0.1, 0.15) is 10.4 Å². The van der Waals surface area contributed by atoms with Crippen molar-refractivity contribution in [1.82, 2.24) is 14.6 Å². The predicted molar refractivity (Wildman–Crippen MR) is 119 cm³/mol. The van der Waals surface area contributed by atoms with Crippen LogP contribution in [0.3, 0.4) is 0 Å². The number of hydrogen-bond acceptors (Lipinski definition) is 5. The number of aromatic nitrogens is 2. The molecule has 156 valence electrons. The Morgan fingerprint density at radius 1 is 0.903 bits per heavy atom. The molecule has 0 aliphatic carbocycles. The van der Waals surface area contributed by atoms with Gasteiger partial charge >= 0.3 is 5.97 Å². The van der Waals surface area contributed by atoms with Crippen molar-refractivity contribution in [3.05, 3.63) is 113 Å². The van der Waals surface area contributed by atoms with Gasteiger partial charge in [0.15, 0.2) is 0 Å². The van der Waals surface area contributed by atoms with E-state index in [1.54, 1.807) is 23.0 Å². The van der Waals surface area contributed by atoms with Gasteiger partial charge in [-0.3, -0.25) is 19.9 Å². The van der Waals surface area contributed by atoms with Crippen molar-refractivity contribution in [2.45, 2.75) is 0 Å². The number of carboxylic acids is 1. The van der Waals surface area contributed by atoms with Crippen molar-refractivity contribution in [3.8, 4) is 5.69 Å². The molecule has 2 aromatic heterocycles. The smallest absolute Gasteiger partial charge is 0.341 e. The second-order valence-electron chi connectivity index (χ2n) is 6.81. The van der Waals surface area contributed by atoms with E-state index in [0.717, 1.165) is 23.7 Å². The first-order valence-electron chi connectivity index (χ1n) is 9.61. The minimum Gasteiger partial charge on any atom is -0.477 e. The van der Waals surface area contributed by atoms with Gasteiger partial charge in [-0.2, -0.15) is 0 Å². The summed E-state index contributed by atoms with van der Waals surface area (Å²) in [5.41, 5.74) is 10.4. The van der Waals surface area contributed by atoms with Gasteiger partial charge in [0.1, 0.15) is 11.4 Å². The first kappa shape index (κ1) is 19.8. The molecule has 0 spiro atoms. The largest absolute Gasteiger partial charge is 0.477 e. The highest BCUT2D eigenvalue weighted by molar-refractivity contribution is 5.87. The maximum atomic E-state index is 12.2. The van der Waals surface area contributed by atoms with Crippen molar-refractivity contribution in [1.29, 1.82) is 0 Å². The number of hydrazine groups is 1. The zero-order valence-electron chi connectivity index (χ0n) is 16.6. The van der Waals surface area contributed by atoms with Gasteiger partial charge in [0.25, 0.3) is 5.56 Å². The van der Waals surface area contributed by atoms with Crippen LogP contribution in [0.25, 0.3) is 11.2 Å². The van der Waals surface area contributed by atoms with Gasteiger partial charge in [-0.05, 0) is 48.5 Å². The minimum absolute atomic E-state index is 0.242. The highest BCUT2D eigenvalue weighted by atomic mass is 16.4. The van der Waals surface area contributed by atoms with Crippen molar-refractivity contribution < 1.29 is 9.90 Å². The lowest BCUT2D eigenvalue weighted by atomic mass is 10.2. The van der Waals surface area contributed by atoms with Crippen LogP contribution in [0.4, 0.5) is 5.69 Å². The fourth-order valence-electron chi connectivity index (χ4n) is 3.26. The molecule has 8 heteroatoms. The third kappa shape index (κ3) is 4.13. The van der Waals surface area contributed by atoms with Gasteiger partial charge in [-0.25, -0.2) is 9.31 Å². The SMILES string of the molecule is NC1=CCN(c2ccccc2)N1.O=C(O)c1ccc2ccn(-c3ccccc3)n2c1=O. The standard InChI is InChI=1S/C14H10N2O3.C9H11N3/c17-13-12(14(18)19)7-6-11-8-9-15(16(11)13)10-4-2-1-3-5-10;10-9-6-7-12(11-9)8-4-2-1-3-5-8/h1-9H,(H,18,19);1-6,11H,7,10H2. The third-order valence-electron chi connectivity index (χ3n) is 4.77. The van der Waals surface area contributed by atoms with Gasteiger partial charge in [-0.15, -0.1) is 0 Å². The first-order valence-corrected chi connectivity index (χ1v) is 9.61. The van der Waals surface area contributed by atoms with Gasteiger partial charge in [0.2, 0.25) is 0 Å². The summed E-state index contributed by atoms with van der Waals surface area (Å²) >= 11 is 0. The molecule has 0 amide bonds. The predicted octanol–water partition coefficient (Wildman–Crippen LogP) is 2.60. The van der Waals surface area contributed by atoms with E-state index in [0.29, 0.717) is 5.52 Å². The average molecular weight is 415 g/mol. The van der Waals surface area contributed by atoms with E-state index < -0.39 is 11.5 Å². The molecule has 0 radical (unpaired) electrons. The van der Waals surface area contributed by atoms with Gasteiger partial charge in [0.05, 0.1) is 23.4 Å². The molecular weight excluding hydrogens is 394 g/mol. The lowest BCUT2D eigenvalue weighted by Crippen LogP contribution is -2.33. The summed E-state index contributed by atoms with van der Waals surface area (Å²) in [6.07, 6.45) is 3.69. The van der Waals surface area contributed by atoms with E-state index in [2.05, 4.69) is 5.43 Å². The first-order chi connectivity index (χ1) is 15.0. The summed E-state index contributed by atoms with van der Waals surface area (Å²) in [6, 6.07) is 24.1. The van der Waals surface area contributed by atoms with E-state index >= 15 is 0 Å². The molecule has 1 aliphatic heterocycles. The van der Waals surface area contributed by atoms with E-state index in [9.17, 15) is 9.59 Å². The molecule has 4 N–H and O–H groups in total. The Hall–Kier alpha value is -4.46. The molecule has 5 rings (SSSR count). The molecule has 0 bridgehead atoms. The van der Waals surface area contributed by atoms with Gasteiger partial charge in [-0.1, -0.05) is 36.4 Å². The van der Waals surface area contributed by atoms with Gasteiger partial charge in [0, 0.05) is 6.20 Å². The Labute approximate surface area is 178 Å². The zero-order chi connectivity index (χ0) is 21.8. The topological polar surface area (TPSA) is 105 Å². The van der Waals surface area contributed by atoms with E-state index in [-0.39, 0.29) is 5.56 Å². The maximum absolute atomic E-state index is 12.2. The molecule has 0 atom stereocenters. The minimum atomic E-state index is -1.22. The summed E-state index contributed by atoms with van der Waals surface area (Å²) in [5.74, 6) is -0.501. The number of anilines is 1. The normalized spacial score (nSPS) is 12.6. The Morgan fingerprint density at radius 2 is 1.55 bits per heavy atom. The molecule has 0 unspecified atom stereocenters. The number of pyridine rings is 1. The van der Waals surface area contributed by atoms with Crippen LogP contribution in [0, 0.1) is 0 Å². The quantitative estimate of drug-likeness (QED) is 0.475. The fourth-order valence-corrected chi connectivity index (χ4v) is 3.26. The molecule has 3 heterocycles. The van der Waals surface area contributed by atoms with Crippen LogP contribution < -0.4 is 21.7 Å². The summed E-state index contributed by atoms with van der Waals surface area (Å²) in [4.78, 5) is 23.2. The number of nitrogens with two attached hydrogens (primary N) is 1. The van der Waals surface area contributed by atoms with Crippen LogP contribution in [0.15, 0.2) is 102 Å². The van der Waals surface area contributed by atoms with Crippen LogP contribution in [0.2, 0.25) is 0 Å². The number of fused-ring (bicyclic) bond motifs is 1. The van der Waals surface area contributed by atoms with Crippen molar-refractivity contribution >= 4 is 17.2 Å². The Morgan fingerprint density at radius 3 is 2.13 bits per heavy atom. The van der Waals surface area contributed by atoms with Crippen molar-refractivity contribution in [2.75, 3.05) is 11.6 Å². The van der Waals surface area contributed by atoms with Crippen LogP contribution in [-0.4, -0.2) is 26.8 Å². The maximum Gasteiger partial charge on any atom is 0.341 e. The molecule has 0 fully saturated rings. The number of para-hydroxylation sites is 2. The van der Waals surface area contributed by atoms with Gasteiger partial charge < -0.3 is 10.8 Å². The summed E-state index contributed by atoms with van der Waals surface area (Å²) in [6.45, 7) is 0.829. The summed E-state index contributed by atoms with van der Waals surface area (Å²) < 4.78 is 2.98. The number of nitrogens with one attached hydrogen (secondary N) is 1. The van der Waals surface area contributed by atoms with E-state index in [4.69, 9.17) is 10.8 Å². The molecule has 31 heavy (non-hydrogen) atoms. The molecule has 8 nitrogen and oxygen atoms in total. The number of aromatic carboxylic acids is 1. The molecule has 0 saturated heterocycles. The molecule has 2 aromatic carbocycles. The van der Waals surface area contributed by atoms with Crippen molar-refractivity contribution in [3.63, 3.8) is 0 Å². The van der Waals surface area contributed by atoms with Crippen molar-refractivity contribution in [2.24, 2.45) is 5.73 Å². The lowest BCUT2D eigenvalue weighted by molar-refractivity contribution is 0.0694. The molecule has 0 saturated carbocycles. The van der Waals surface area contributed by atoms with E-state index in [1.807, 2.05) is 71.7 Å². The average Bonchev–Trinajstić information content (AvgIpc) is 3.42. The fraction of sp³-hybridized carbons (Fsp3) is 0.0435. The Kier molecular flexibility index (Phi) is 5.44. The second-order valence-corrected chi connectivity index (χ2v) is 6.81. The van der Waals surface area contributed by atoms with Crippen LogP contribution in [0.5, 0.6) is 0 Å². The molecular formula is C23H21N5O3. The Balaban J connectivity index is 0.000000166. The number of benzene rings is 2. The zero-order valence-corrected chi connectivity index (χ0v) is 16.6. The molecule has 4 aromatic rings. The molecule has 1 aliphatic rings. The number of rotatable bonds is 3. The Bertz CT molecular complexity index is 1290. The summed E-state index contributed by atoms with van der Waals surface area (Å²) in [5, 5.41) is 11.0. The highest BCUT2D eigenvalue weighted by Gasteiger charge is 2.13.